The smallest absolute Gasteiger partial charge is 0.136 e. The highest BCUT2D eigenvalue weighted by Crippen LogP contribution is 2.33. The standard InChI is InChI=1S/C12H8Cl2O3/c1-6-8(12(15)16)5-11(17-6)9-4-7(13)2-3-10(9)14/h2-5H,1H3,(H,15,16)/p-1. The number of carbonyl (C=O) groups is 1. The maximum atomic E-state index is 10.8. The Morgan fingerprint density at radius 1 is 1.29 bits per heavy atom. The number of benzene rings is 1. The summed E-state index contributed by atoms with van der Waals surface area (Å²) >= 11 is 11.8. The molecular weight excluding hydrogens is 263 g/mol. The first-order valence-electron chi connectivity index (χ1n) is 4.76. The summed E-state index contributed by atoms with van der Waals surface area (Å²) in [4.78, 5) is 10.8. The molecule has 0 saturated heterocycles. The van der Waals surface area contributed by atoms with Gasteiger partial charge in [0.05, 0.1) is 11.0 Å². The predicted octanol–water partition coefficient (Wildman–Crippen LogP) is 2.93. The van der Waals surface area contributed by atoms with Crippen LogP contribution in [0, 0.1) is 6.92 Å². The summed E-state index contributed by atoms with van der Waals surface area (Å²) in [6.45, 7) is 1.55. The van der Waals surface area contributed by atoms with Crippen molar-refractivity contribution in [1.82, 2.24) is 0 Å². The summed E-state index contributed by atoms with van der Waals surface area (Å²) in [6.07, 6.45) is 0. The highest BCUT2D eigenvalue weighted by Gasteiger charge is 2.13. The van der Waals surface area contributed by atoms with Gasteiger partial charge in [-0.05, 0) is 31.2 Å². The van der Waals surface area contributed by atoms with Gasteiger partial charge in [0.2, 0.25) is 0 Å². The van der Waals surface area contributed by atoms with Crippen LogP contribution in [-0.2, 0) is 0 Å². The topological polar surface area (TPSA) is 53.3 Å². The van der Waals surface area contributed by atoms with Gasteiger partial charge in [0.15, 0.2) is 0 Å². The lowest BCUT2D eigenvalue weighted by molar-refractivity contribution is -0.255. The van der Waals surface area contributed by atoms with Crippen LogP contribution in [0.25, 0.3) is 11.3 Å². The Balaban J connectivity index is 2.57. The number of aryl methyl sites for hydroxylation is 1. The Bertz CT molecular complexity index is 587. The number of furan rings is 1. The Hall–Kier alpha value is -1.45. The van der Waals surface area contributed by atoms with Gasteiger partial charge in [-0.1, -0.05) is 23.2 Å². The maximum absolute atomic E-state index is 10.8. The van der Waals surface area contributed by atoms with E-state index in [0.717, 1.165) is 0 Å². The van der Waals surface area contributed by atoms with Crippen molar-refractivity contribution < 1.29 is 14.3 Å². The van der Waals surface area contributed by atoms with E-state index in [1.165, 1.54) is 6.07 Å². The predicted molar refractivity (Wildman–Crippen MR) is 63.2 cm³/mol. The Kier molecular flexibility index (Phi) is 3.13. The van der Waals surface area contributed by atoms with Crippen LogP contribution in [0.1, 0.15) is 16.1 Å². The van der Waals surface area contributed by atoms with E-state index in [2.05, 4.69) is 0 Å². The summed E-state index contributed by atoms with van der Waals surface area (Å²) < 4.78 is 5.33. The summed E-state index contributed by atoms with van der Waals surface area (Å²) in [5.41, 5.74) is 0.561. The van der Waals surface area contributed by atoms with E-state index in [0.29, 0.717) is 21.4 Å². The number of hydrogen-bond donors (Lipinski definition) is 0. The fourth-order valence-electron chi connectivity index (χ4n) is 1.50. The Morgan fingerprint density at radius 2 is 2.00 bits per heavy atom. The van der Waals surface area contributed by atoms with Gasteiger partial charge in [0.25, 0.3) is 0 Å². The lowest BCUT2D eigenvalue weighted by atomic mass is 10.1. The van der Waals surface area contributed by atoms with Crippen LogP contribution in [0.5, 0.6) is 0 Å². The number of aromatic carboxylic acids is 1. The van der Waals surface area contributed by atoms with Crippen LogP contribution in [-0.4, -0.2) is 5.97 Å². The second kappa shape index (κ2) is 4.43. The first-order chi connectivity index (χ1) is 7.99. The number of carbonyl (C=O) groups excluding carboxylic acids is 1. The van der Waals surface area contributed by atoms with Crippen LogP contribution in [0.4, 0.5) is 0 Å². The largest absolute Gasteiger partial charge is 0.545 e. The molecule has 2 rings (SSSR count). The Labute approximate surface area is 108 Å². The number of hydrogen-bond acceptors (Lipinski definition) is 3. The third kappa shape index (κ3) is 2.30. The van der Waals surface area contributed by atoms with Crippen molar-refractivity contribution in [2.24, 2.45) is 0 Å². The van der Waals surface area contributed by atoms with Gasteiger partial charge < -0.3 is 14.3 Å². The first kappa shape index (κ1) is 12.0. The lowest BCUT2D eigenvalue weighted by Gasteiger charge is -2.00. The zero-order valence-corrected chi connectivity index (χ0v) is 10.3. The minimum absolute atomic E-state index is 0.0102. The molecule has 3 nitrogen and oxygen atoms in total. The molecule has 0 aliphatic rings. The van der Waals surface area contributed by atoms with Crippen molar-refractivity contribution >= 4 is 29.2 Å². The highest BCUT2D eigenvalue weighted by molar-refractivity contribution is 6.35. The summed E-state index contributed by atoms with van der Waals surface area (Å²) in [6, 6.07) is 6.25. The molecule has 0 unspecified atom stereocenters. The molecule has 0 amide bonds. The molecule has 0 fully saturated rings. The van der Waals surface area contributed by atoms with Crippen molar-refractivity contribution in [2.45, 2.75) is 6.92 Å². The van der Waals surface area contributed by atoms with Gasteiger partial charge >= 0.3 is 0 Å². The van der Waals surface area contributed by atoms with Crippen molar-refractivity contribution in [1.29, 1.82) is 0 Å². The van der Waals surface area contributed by atoms with Gasteiger partial charge in [0, 0.05) is 16.1 Å². The maximum Gasteiger partial charge on any atom is 0.136 e. The number of carboxylic acid groups (broad SMARTS) is 1. The third-order valence-electron chi connectivity index (χ3n) is 2.33. The van der Waals surface area contributed by atoms with Crippen molar-refractivity contribution in [3.63, 3.8) is 0 Å². The molecule has 0 aliphatic carbocycles. The summed E-state index contributed by atoms with van der Waals surface area (Å²) in [5.74, 6) is -0.652. The van der Waals surface area contributed by atoms with E-state index in [-0.39, 0.29) is 11.3 Å². The molecule has 1 aromatic carbocycles. The van der Waals surface area contributed by atoms with Crippen LogP contribution in [0.15, 0.2) is 28.7 Å². The molecule has 0 spiro atoms. The van der Waals surface area contributed by atoms with Crippen molar-refractivity contribution in [3.05, 3.63) is 45.6 Å². The van der Waals surface area contributed by atoms with E-state index >= 15 is 0 Å². The van der Waals surface area contributed by atoms with E-state index in [1.807, 2.05) is 0 Å². The average molecular weight is 270 g/mol. The quantitative estimate of drug-likeness (QED) is 0.843. The van der Waals surface area contributed by atoms with Gasteiger partial charge in [-0.2, -0.15) is 0 Å². The van der Waals surface area contributed by atoms with E-state index < -0.39 is 5.97 Å². The zero-order valence-electron chi connectivity index (χ0n) is 8.79. The normalized spacial score (nSPS) is 10.5. The fourth-order valence-corrected chi connectivity index (χ4v) is 1.89. The minimum Gasteiger partial charge on any atom is -0.545 e. The second-order valence-corrected chi connectivity index (χ2v) is 4.34. The monoisotopic (exact) mass is 269 g/mol. The highest BCUT2D eigenvalue weighted by atomic mass is 35.5. The summed E-state index contributed by atoms with van der Waals surface area (Å²) in [5, 5.41) is 11.7. The molecule has 2 aromatic rings. The zero-order chi connectivity index (χ0) is 12.6. The molecule has 1 heterocycles. The number of halogens is 2. The molecule has 88 valence electrons. The van der Waals surface area contributed by atoms with Gasteiger partial charge in [-0.15, -0.1) is 0 Å². The average Bonchev–Trinajstić information content (AvgIpc) is 2.64. The number of carboxylic acids is 1. The SMILES string of the molecule is Cc1oc(-c2cc(Cl)ccc2Cl)cc1C(=O)[O-]. The van der Waals surface area contributed by atoms with Crippen LogP contribution >= 0.6 is 23.2 Å². The van der Waals surface area contributed by atoms with E-state index in [4.69, 9.17) is 27.6 Å². The van der Waals surface area contributed by atoms with Crippen molar-refractivity contribution in [3.8, 4) is 11.3 Å². The van der Waals surface area contributed by atoms with Crippen LogP contribution < -0.4 is 5.11 Å². The molecule has 17 heavy (non-hydrogen) atoms. The molecule has 0 atom stereocenters. The van der Waals surface area contributed by atoms with Gasteiger partial charge in [-0.3, -0.25) is 0 Å². The molecule has 0 saturated carbocycles. The molecule has 0 radical (unpaired) electrons. The molecule has 0 bridgehead atoms. The molecule has 1 aromatic heterocycles. The minimum atomic E-state index is -1.28. The van der Waals surface area contributed by atoms with Crippen LogP contribution in [0.2, 0.25) is 10.0 Å². The van der Waals surface area contributed by atoms with E-state index in [1.54, 1.807) is 25.1 Å². The van der Waals surface area contributed by atoms with Crippen LogP contribution in [0.3, 0.4) is 0 Å². The third-order valence-corrected chi connectivity index (χ3v) is 2.90. The summed E-state index contributed by atoms with van der Waals surface area (Å²) in [7, 11) is 0. The number of rotatable bonds is 2. The van der Waals surface area contributed by atoms with Gasteiger partial charge in [-0.25, -0.2) is 0 Å². The second-order valence-electron chi connectivity index (χ2n) is 3.49. The molecular formula is C12H7Cl2O3-. The lowest BCUT2D eigenvalue weighted by Crippen LogP contribution is -2.22. The molecule has 0 N–H and O–H groups in total. The fraction of sp³-hybridized carbons (Fsp3) is 0.0833. The molecule has 5 heteroatoms. The Morgan fingerprint density at radius 3 is 2.59 bits per heavy atom. The first-order valence-corrected chi connectivity index (χ1v) is 5.52. The molecule has 0 aliphatic heterocycles. The van der Waals surface area contributed by atoms with Crippen molar-refractivity contribution in [2.75, 3.05) is 0 Å². The van der Waals surface area contributed by atoms with Gasteiger partial charge in [0.1, 0.15) is 11.5 Å². The van der Waals surface area contributed by atoms with E-state index in [9.17, 15) is 9.90 Å².